The molecule has 0 aromatic heterocycles. The van der Waals surface area contributed by atoms with Gasteiger partial charge in [0.25, 0.3) is 0 Å². The van der Waals surface area contributed by atoms with E-state index in [2.05, 4.69) is 21.2 Å². The van der Waals surface area contributed by atoms with Gasteiger partial charge in [-0.25, -0.2) is 0 Å². The van der Waals surface area contributed by atoms with Crippen LogP contribution in [0.5, 0.6) is 0 Å². The number of alkyl halides is 1. The first-order valence-electron chi connectivity index (χ1n) is 6.05. The third kappa shape index (κ3) is 4.56. The number of amides is 1. The summed E-state index contributed by atoms with van der Waals surface area (Å²) in [5.41, 5.74) is -0.198. The predicted octanol–water partition coefficient (Wildman–Crippen LogP) is 1.86. The van der Waals surface area contributed by atoms with Crippen molar-refractivity contribution in [1.29, 1.82) is 0 Å². The van der Waals surface area contributed by atoms with Crippen LogP contribution < -0.4 is 5.32 Å². The topological polar surface area (TPSA) is 47.6 Å². The Bertz CT molecular complexity index is 232. The van der Waals surface area contributed by atoms with Crippen LogP contribution in [0.15, 0.2) is 0 Å². The summed E-state index contributed by atoms with van der Waals surface area (Å²) < 4.78 is 10.5. The SMILES string of the molecule is COCC(CCBr)NC(=O)CC1(OC)CCC1. The molecule has 5 heteroatoms. The van der Waals surface area contributed by atoms with E-state index in [1.165, 1.54) is 0 Å². The van der Waals surface area contributed by atoms with Gasteiger partial charge in [0.05, 0.1) is 24.7 Å². The summed E-state index contributed by atoms with van der Waals surface area (Å²) in [4.78, 5) is 11.9. The van der Waals surface area contributed by atoms with Crippen LogP contribution >= 0.6 is 15.9 Å². The zero-order valence-corrected chi connectivity index (χ0v) is 12.2. The first-order chi connectivity index (χ1) is 8.15. The fraction of sp³-hybridized carbons (Fsp3) is 0.917. The largest absolute Gasteiger partial charge is 0.383 e. The Kier molecular flexibility index (Phi) is 6.44. The molecule has 1 aliphatic rings. The Morgan fingerprint density at radius 1 is 1.47 bits per heavy atom. The summed E-state index contributed by atoms with van der Waals surface area (Å²) in [6, 6.07) is 0.0841. The molecule has 17 heavy (non-hydrogen) atoms. The Morgan fingerprint density at radius 2 is 2.18 bits per heavy atom. The summed E-state index contributed by atoms with van der Waals surface area (Å²) in [6.07, 6.45) is 4.48. The maximum absolute atomic E-state index is 11.9. The summed E-state index contributed by atoms with van der Waals surface area (Å²) in [7, 11) is 3.34. The fourth-order valence-corrected chi connectivity index (χ4v) is 2.68. The number of hydrogen-bond acceptors (Lipinski definition) is 3. The molecule has 0 heterocycles. The van der Waals surface area contributed by atoms with E-state index in [9.17, 15) is 4.79 Å². The van der Waals surface area contributed by atoms with Crippen molar-refractivity contribution in [3.8, 4) is 0 Å². The lowest BCUT2D eigenvalue weighted by Gasteiger charge is -2.40. The average Bonchev–Trinajstić information content (AvgIpc) is 2.24. The molecule has 0 aromatic carbocycles. The van der Waals surface area contributed by atoms with E-state index in [1.54, 1.807) is 14.2 Å². The monoisotopic (exact) mass is 307 g/mol. The summed E-state index contributed by atoms with van der Waals surface area (Å²) in [5.74, 6) is 0.0644. The molecule has 0 radical (unpaired) electrons. The van der Waals surface area contributed by atoms with Gasteiger partial charge in [-0.1, -0.05) is 15.9 Å². The number of methoxy groups -OCH3 is 2. The van der Waals surface area contributed by atoms with Gasteiger partial charge in [0.2, 0.25) is 5.91 Å². The number of rotatable bonds is 8. The van der Waals surface area contributed by atoms with Crippen LogP contribution in [-0.2, 0) is 14.3 Å². The highest BCUT2D eigenvalue weighted by atomic mass is 79.9. The van der Waals surface area contributed by atoms with Crippen LogP contribution in [0.1, 0.15) is 32.1 Å². The second-order valence-electron chi connectivity index (χ2n) is 4.61. The van der Waals surface area contributed by atoms with E-state index >= 15 is 0 Å². The number of carbonyl (C=O) groups excluding carboxylic acids is 1. The van der Waals surface area contributed by atoms with Gasteiger partial charge in [-0.3, -0.25) is 4.79 Å². The quantitative estimate of drug-likeness (QED) is 0.696. The van der Waals surface area contributed by atoms with Gasteiger partial charge in [-0.15, -0.1) is 0 Å². The summed E-state index contributed by atoms with van der Waals surface area (Å²) >= 11 is 3.38. The molecule has 0 saturated heterocycles. The normalized spacial score (nSPS) is 19.5. The Labute approximate surface area is 112 Å². The highest BCUT2D eigenvalue weighted by molar-refractivity contribution is 9.09. The smallest absolute Gasteiger partial charge is 0.223 e. The Hall–Kier alpha value is -0.130. The first kappa shape index (κ1) is 14.9. The molecule has 0 spiro atoms. The van der Waals surface area contributed by atoms with Crippen LogP contribution in [0.2, 0.25) is 0 Å². The molecule has 1 fully saturated rings. The molecule has 0 aromatic rings. The second-order valence-corrected chi connectivity index (χ2v) is 5.41. The van der Waals surface area contributed by atoms with Crippen molar-refractivity contribution in [1.82, 2.24) is 5.32 Å². The lowest BCUT2D eigenvalue weighted by atomic mass is 9.77. The number of carbonyl (C=O) groups is 1. The van der Waals surface area contributed by atoms with Crippen LogP contribution in [0.25, 0.3) is 0 Å². The number of halogens is 1. The van der Waals surface area contributed by atoms with E-state index in [0.29, 0.717) is 13.0 Å². The maximum Gasteiger partial charge on any atom is 0.223 e. The van der Waals surface area contributed by atoms with Crippen LogP contribution in [0.3, 0.4) is 0 Å². The molecule has 1 amide bonds. The zero-order valence-electron chi connectivity index (χ0n) is 10.6. The number of hydrogen-bond donors (Lipinski definition) is 1. The van der Waals surface area contributed by atoms with Crippen molar-refractivity contribution in [3.05, 3.63) is 0 Å². The molecule has 100 valence electrons. The third-order valence-electron chi connectivity index (χ3n) is 3.37. The second kappa shape index (κ2) is 7.34. The van der Waals surface area contributed by atoms with Gasteiger partial charge in [0.1, 0.15) is 0 Å². The van der Waals surface area contributed by atoms with Gasteiger partial charge in [0, 0.05) is 19.5 Å². The number of ether oxygens (including phenoxy) is 2. The van der Waals surface area contributed by atoms with Gasteiger partial charge in [-0.2, -0.15) is 0 Å². The molecule has 1 rings (SSSR count). The average molecular weight is 308 g/mol. The maximum atomic E-state index is 11.9. The van der Waals surface area contributed by atoms with Crippen molar-refractivity contribution in [2.75, 3.05) is 26.2 Å². The van der Waals surface area contributed by atoms with Crippen molar-refractivity contribution >= 4 is 21.8 Å². The third-order valence-corrected chi connectivity index (χ3v) is 3.83. The molecule has 1 atom stereocenters. The van der Waals surface area contributed by atoms with Gasteiger partial charge >= 0.3 is 0 Å². The molecule has 4 nitrogen and oxygen atoms in total. The predicted molar refractivity (Wildman–Crippen MR) is 70.4 cm³/mol. The molecule has 0 bridgehead atoms. The molecule has 1 saturated carbocycles. The van der Waals surface area contributed by atoms with Gasteiger partial charge in [-0.05, 0) is 25.7 Å². The Morgan fingerprint density at radius 3 is 2.59 bits per heavy atom. The van der Waals surface area contributed by atoms with Crippen LogP contribution in [-0.4, -0.2) is 43.7 Å². The van der Waals surface area contributed by atoms with E-state index in [0.717, 1.165) is 31.0 Å². The van der Waals surface area contributed by atoms with Crippen LogP contribution in [0, 0.1) is 0 Å². The highest BCUT2D eigenvalue weighted by Gasteiger charge is 2.39. The van der Waals surface area contributed by atoms with E-state index in [4.69, 9.17) is 9.47 Å². The van der Waals surface area contributed by atoms with E-state index < -0.39 is 0 Å². The van der Waals surface area contributed by atoms with Crippen molar-refractivity contribution in [2.24, 2.45) is 0 Å². The minimum absolute atomic E-state index is 0.0644. The van der Waals surface area contributed by atoms with Gasteiger partial charge < -0.3 is 14.8 Å². The zero-order chi connectivity index (χ0) is 12.7. The van der Waals surface area contributed by atoms with Crippen molar-refractivity contribution in [3.63, 3.8) is 0 Å². The minimum atomic E-state index is -0.198. The molecular weight excluding hydrogens is 286 g/mol. The highest BCUT2D eigenvalue weighted by Crippen LogP contribution is 2.37. The Balaban J connectivity index is 2.35. The molecular formula is C12H22BrNO3. The lowest BCUT2D eigenvalue weighted by molar-refractivity contribution is -0.135. The standard InChI is InChI=1S/C12H22BrNO3/c1-16-9-10(4-7-13)14-11(15)8-12(17-2)5-3-6-12/h10H,3-9H2,1-2H3,(H,14,15). The summed E-state index contributed by atoms with van der Waals surface area (Å²) in [5, 5.41) is 3.86. The first-order valence-corrected chi connectivity index (χ1v) is 7.17. The van der Waals surface area contributed by atoms with Gasteiger partial charge in [0.15, 0.2) is 0 Å². The minimum Gasteiger partial charge on any atom is -0.383 e. The molecule has 1 unspecified atom stereocenters. The van der Waals surface area contributed by atoms with Crippen molar-refractivity contribution < 1.29 is 14.3 Å². The van der Waals surface area contributed by atoms with Crippen LogP contribution in [0.4, 0.5) is 0 Å². The van der Waals surface area contributed by atoms with E-state index in [1.807, 2.05) is 0 Å². The molecule has 0 aliphatic heterocycles. The lowest BCUT2D eigenvalue weighted by Crippen LogP contribution is -2.47. The summed E-state index contributed by atoms with van der Waals surface area (Å²) in [6.45, 7) is 0.553. The van der Waals surface area contributed by atoms with Crippen molar-refractivity contribution in [2.45, 2.75) is 43.7 Å². The number of nitrogens with one attached hydrogen (secondary N) is 1. The fourth-order valence-electron chi connectivity index (χ4n) is 2.13. The molecule has 1 aliphatic carbocycles. The van der Waals surface area contributed by atoms with E-state index in [-0.39, 0.29) is 17.6 Å². The molecule has 1 N–H and O–H groups in total.